The molecule has 0 fully saturated rings. The van der Waals surface area contributed by atoms with E-state index in [1.807, 2.05) is 6.07 Å². The summed E-state index contributed by atoms with van der Waals surface area (Å²) in [5.74, 6) is 0.458. The molecule has 126 valence electrons. The van der Waals surface area contributed by atoms with Crippen LogP contribution in [0.1, 0.15) is 17.5 Å². The number of amides is 2. The van der Waals surface area contributed by atoms with Crippen molar-refractivity contribution < 1.29 is 4.79 Å². The van der Waals surface area contributed by atoms with Crippen LogP contribution < -0.4 is 10.6 Å². The predicted octanol–water partition coefficient (Wildman–Crippen LogP) is 2.34. The van der Waals surface area contributed by atoms with Crippen molar-refractivity contribution in [3.8, 4) is 5.95 Å². The van der Waals surface area contributed by atoms with Gasteiger partial charge < -0.3 is 10.6 Å². The predicted molar refractivity (Wildman–Crippen MR) is 93.6 cm³/mol. The number of hydrogen-bond acceptors (Lipinski definition) is 4. The highest BCUT2D eigenvalue weighted by Crippen LogP contribution is 2.21. The van der Waals surface area contributed by atoms with Crippen molar-refractivity contribution >= 4 is 11.7 Å². The first-order valence-corrected chi connectivity index (χ1v) is 8.24. The van der Waals surface area contributed by atoms with Crippen LogP contribution in [0.3, 0.4) is 0 Å². The summed E-state index contributed by atoms with van der Waals surface area (Å²) in [5.41, 5.74) is 3.29. The minimum Gasteiger partial charge on any atom is -0.335 e. The lowest BCUT2D eigenvalue weighted by Gasteiger charge is -2.25. The van der Waals surface area contributed by atoms with E-state index in [1.165, 1.54) is 15.8 Å². The number of aryl methyl sites for hydroxylation is 1. The van der Waals surface area contributed by atoms with E-state index in [2.05, 4.69) is 43.9 Å². The fraction of sp³-hybridized carbons (Fsp3) is 0.222. The van der Waals surface area contributed by atoms with Gasteiger partial charge in [0, 0.05) is 18.4 Å². The SMILES string of the molecule is O=C(Nc1cnn(-c2ncccn2)c1)NC1CCc2ccccc2C1. The first-order valence-electron chi connectivity index (χ1n) is 8.24. The largest absolute Gasteiger partial charge is 0.335 e. The maximum atomic E-state index is 12.2. The molecule has 0 bridgehead atoms. The van der Waals surface area contributed by atoms with Crippen LogP contribution in [-0.2, 0) is 12.8 Å². The Morgan fingerprint density at radius 2 is 1.92 bits per heavy atom. The Morgan fingerprint density at radius 3 is 2.76 bits per heavy atom. The second-order valence-electron chi connectivity index (χ2n) is 6.03. The Labute approximate surface area is 145 Å². The van der Waals surface area contributed by atoms with Crippen LogP contribution in [0.4, 0.5) is 10.5 Å². The zero-order valence-corrected chi connectivity index (χ0v) is 13.6. The highest BCUT2D eigenvalue weighted by Gasteiger charge is 2.20. The second kappa shape index (κ2) is 6.72. The van der Waals surface area contributed by atoms with Gasteiger partial charge in [-0.1, -0.05) is 24.3 Å². The number of benzene rings is 1. The van der Waals surface area contributed by atoms with Gasteiger partial charge in [-0.05, 0) is 36.5 Å². The molecule has 1 atom stereocenters. The fourth-order valence-electron chi connectivity index (χ4n) is 3.08. The van der Waals surface area contributed by atoms with Crippen molar-refractivity contribution in [1.29, 1.82) is 0 Å². The molecule has 1 aromatic carbocycles. The number of nitrogens with one attached hydrogen (secondary N) is 2. The molecule has 2 N–H and O–H groups in total. The molecule has 7 nitrogen and oxygen atoms in total. The highest BCUT2D eigenvalue weighted by molar-refractivity contribution is 5.89. The molecule has 1 unspecified atom stereocenters. The minimum atomic E-state index is -0.224. The average molecular weight is 334 g/mol. The Kier molecular flexibility index (Phi) is 4.12. The van der Waals surface area contributed by atoms with Gasteiger partial charge >= 0.3 is 6.03 Å². The molecular weight excluding hydrogens is 316 g/mol. The van der Waals surface area contributed by atoms with Gasteiger partial charge in [0.1, 0.15) is 0 Å². The maximum absolute atomic E-state index is 12.2. The Morgan fingerprint density at radius 1 is 1.12 bits per heavy atom. The van der Waals surface area contributed by atoms with E-state index >= 15 is 0 Å². The van der Waals surface area contributed by atoms with E-state index in [4.69, 9.17) is 0 Å². The van der Waals surface area contributed by atoms with Crippen molar-refractivity contribution in [3.05, 3.63) is 66.2 Å². The smallest absolute Gasteiger partial charge is 0.319 e. The molecule has 0 radical (unpaired) electrons. The van der Waals surface area contributed by atoms with Gasteiger partial charge in [-0.15, -0.1) is 0 Å². The van der Waals surface area contributed by atoms with Gasteiger partial charge in [-0.2, -0.15) is 5.10 Å². The maximum Gasteiger partial charge on any atom is 0.319 e. The number of rotatable bonds is 3. The number of anilines is 1. The number of carbonyl (C=O) groups is 1. The molecule has 2 heterocycles. The molecule has 0 saturated carbocycles. The van der Waals surface area contributed by atoms with Crippen LogP contribution in [0.5, 0.6) is 0 Å². The summed E-state index contributed by atoms with van der Waals surface area (Å²) in [7, 11) is 0. The number of carbonyl (C=O) groups excluding carboxylic acids is 1. The number of urea groups is 1. The van der Waals surface area contributed by atoms with Gasteiger partial charge in [-0.25, -0.2) is 19.4 Å². The Balaban J connectivity index is 1.36. The molecule has 2 amide bonds. The minimum absolute atomic E-state index is 0.141. The first kappa shape index (κ1) is 15.3. The molecule has 25 heavy (non-hydrogen) atoms. The fourth-order valence-corrected chi connectivity index (χ4v) is 3.08. The van der Waals surface area contributed by atoms with Crippen LogP contribution in [-0.4, -0.2) is 31.8 Å². The molecular formula is C18H18N6O. The average Bonchev–Trinajstić information content (AvgIpc) is 3.10. The summed E-state index contributed by atoms with van der Waals surface area (Å²) < 4.78 is 1.52. The topological polar surface area (TPSA) is 84.7 Å². The molecule has 3 aromatic rings. The van der Waals surface area contributed by atoms with E-state index in [-0.39, 0.29) is 12.1 Å². The third-order valence-electron chi connectivity index (χ3n) is 4.28. The molecule has 7 heteroatoms. The molecule has 2 aromatic heterocycles. The molecule has 1 aliphatic carbocycles. The van der Waals surface area contributed by atoms with Crippen LogP contribution in [0.25, 0.3) is 5.95 Å². The van der Waals surface area contributed by atoms with E-state index in [9.17, 15) is 4.79 Å². The van der Waals surface area contributed by atoms with E-state index in [0.717, 1.165) is 19.3 Å². The lowest BCUT2D eigenvalue weighted by molar-refractivity contribution is 0.247. The molecule has 0 spiro atoms. The van der Waals surface area contributed by atoms with Crippen LogP contribution in [0.2, 0.25) is 0 Å². The molecule has 4 rings (SSSR count). The summed E-state index contributed by atoms with van der Waals surface area (Å²) in [5, 5.41) is 10.0. The zero-order valence-electron chi connectivity index (χ0n) is 13.6. The monoisotopic (exact) mass is 334 g/mol. The van der Waals surface area contributed by atoms with Crippen molar-refractivity contribution in [2.24, 2.45) is 0 Å². The third kappa shape index (κ3) is 3.50. The van der Waals surface area contributed by atoms with Crippen LogP contribution >= 0.6 is 0 Å². The molecule has 1 aliphatic rings. The van der Waals surface area contributed by atoms with Gasteiger partial charge in [-0.3, -0.25) is 0 Å². The third-order valence-corrected chi connectivity index (χ3v) is 4.28. The summed E-state index contributed by atoms with van der Waals surface area (Å²) in [6.45, 7) is 0. The van der Waals surface area contributed by atoms with Gasteiger partial charge in [0.25, 0.3) is 0 Å². The summed E-state index contributed by atoms with van der Waals surface area (Å²) >= 11 is 0. The van der Waals surface area contributed by atoms with Crippen molar-refractivity contribution in [2.75, 3.05) is 5.32 Å². The zero-order chi connectivity index (χ0) is 17.1. The Bertz CT molecular complexity index is 876. The standard InChI is InChI=1S/C18H18N6O/c25-18(22-15-7-6-13-4-1-2-5-14(13)10-15)23-16-11-21-24(12-16)17-19-8-3-9-20-17/h1-5,8-9,11-12,15H,6-7,10H2,(H2,22,23,25). The normalized spacial score (nSPS) is 16.1. The van der Waals surface area contributed by atoms with Gasteiger partial charge in [0.2, 0.25) is 5.95 Å². The lowest BCUT2D eigenvalue weighted by Crippen LogP contribution is -2.41. The van der Waals surface area contributed by atoms with Crippen molar-refractivity contribution in [2.45, 2.75) is 25.3 Å². The number of hydrogen-bond donors (Lipinski definition) is 2. The van der Waals surface area contributed by atoms with E-state index < -0.39 is 0 Å². The van der Waals surface area contributed by atoms with Gasteiger partial charge in [0.05, 0.1) is 18.1 Å². The molecule has 0 aliphatic heterocycles. The number of fused-ring (bicyclic) bond motifs is 1. The Hall–Kier alpha value is -3.22. The quantitative estimate of drug-likeness (QED) is 0.770. The first-order chi connectivity index (χ1) is 12.3. The van der Waals surface area contributed by atoms with Crippen molar-refractivity contribution in [3.63, 3.8) is 0 Å². The van der Waals surface area contributed by atoms with Crippen LogP contribution in [0, 0.1) is 0 Å². The van der Waals surface area contributed by atoms with E-state index in [1.54, 1.807) is 30.9 Å². The summed E-state index contributed by atoms with van der Waals surface area (Å²) in [6.07, 6.45) is 9.35. The van der Waals surface area contributed by atoms with Gasteiger partial charge in [0.15, 0.2) is 0 Å². The van der Waals surface area contributed by atoms with Crippen LogP contribution in [0.15, 0.2) is 55.1 Å². The lowest BCUT2D eigenvalue weighted by atomic mass is 9.88. The number of nitrogens with zero attached hydrogens (tertiary/aromatic N) is 4. The summed E-state index contributed by atoms with van der Waals surface area (Å²) in [6, 6.07) is 10.0. The highest BCUT2D eigenvalue weighted by atomic mass is 16.2. The van der Waals surface area contributed by atoms with Crippen molar-refractivity contribution in [1.82, 2.24) is 25.1 Å². The van der Waals surface area contributed by atoms with E-state index in [0.29, 0.717) is 11.6 Å². The second-order valence-corrected chi connectivity index (χ2v) is 6.03. The summed E-state index contributed by atoms with van der Waals surface area (Å²) in [4.78, 5) is 20.5. The number of aromatic nitrogens is 4. The molecule has 0 saturated heterocycles.